The molecule has 0 saturated heterocycles. The van der Waals surface area contributed by atoms with Gasteiger partial charge in [-0.05, 0) is 35.6 Å². The molecule has 0 aliphatic heterocycles. The monoisotopic (exact) mass is 197 g/mol. The van der Waals surface area contributed by atoms with Crippen LogP contribution < -0.4 is 5.73 Å². The van der Waals surface area contributed by atoms with Crippen LogP contribution in [0.2, 0.25) is 0 Å². The molecule has 14 heavy (non-hydrogen) atoms. The third kappa shape index (κ3) is 1.72. The number of carbonyl (C=O) groups excluding carboxylic acids is 1. The van der Waals surface area contributed by atoms with E-state index in [0.717, 1.165) is 19.1 Å². The summed E-state index contributed by atoms with van der Waals surface area (Å²) in [6.07, 6.45) is 3.85. The zero-order chi connectivity index (χ0) is 11.0. The van der Waals surface area contributed by atoms with Gasteiger partial charge >= 0.3 is 0 Å². The fraction of sp³-hybridized carbons (Fsp3) is 0.917. The van der Waals surface area contributed by atoms with Crippen LogP contribution in [0.5, 0.6) is 0 Å². The van der Waals surface area contributed by atoms with Crippen molar-refractivity contribution in [1.82, 2.24) is 0 Å². The Morgan fingerprint density at radius 1 is 1.36 bits per heavy atom. The van der Waals surface area contributed by atoms with E-state index in [-0.39, 0.29) is 5.41 Å². The number of rotatable bonds is 3. The van der Waals surface area contributed by atoms with Crippen LogP contribution in [0.3, 0.4) is 0 Å². The average molecular weight is 197 g/mol. The summed E-state index contributed by atoms with van der Waals surface area (Å²) in [6, 6.07) is 0. The summed E-state index contributed by atoms with van der Waals surface area (Å²) in [6.45, 7) is 9.78. The second-order valence-electron chi connectivity index (χ2n) is 6.24. The maximum Gasteiger partial charge on any atom is 0.120 e. The first-order valence-corrected chi connectivity index (χ1v) is 5.42. The summed E-state index contributed by atoms with van der Waals surface area (Å²) in [7, 11) is 0. The molecule has 0 aromatic heterocycles. The molecule has 1 aliphatic carbocycles. The fourth-order valence-electron chi connectivity index (χ4n) is 2.68. The molecule has 82 valence electrons. The zero-order valence-corrected chi connectivity index (χ0v) is 9.89. The summed E-state index contributed by atoms with van der Waals surface area (Å²) in [4.78, 5) is 10.6. The standard InChI is InChI=1S/C12H23NO/c1-10(2,3)11(4)7-12(8-11,9-13)5-6-14/h6H,5,7-9,13H2,1-4H3. The second kappa shape index (κ2) is 3.34. The predicted octanol–water partition coefficient (Wildman–Crippen LogP) is 2.37. The highest BCUT2D eigenvalue weighted by Crippen LogP contribution is 2.62. The van der Waals surface area contributed by atoms with Gasteiger partial charge in [0, 0.05) is 6.42 Å². The van der Waals surface area contributed by atoms with E-state index in [1.165, 1.54) is 0 Å². The summed E-state index contributed by atoms with van der Waals surface area (Å²) in [5, 5.41) is 0. The van der Waals surface area contributed by atoms with Crippen molar-refractivity contribution in [3.8, 4) is 0 Å². The SMILES string of the molecule is CC(C)(C)C1(C)CC(CN)(CC=O)C1. The Labute approximate surface area is 87.2 Å². The van der Waals surface area contributed by atoms with Gasteiger partial charge in [0.05, 0.1) is 0 Å². The number of carbonyl (C=O) groups is 1. The maximum atomic E-state index is 10.6. The molecule has 2 nitrogen and oxygen atoms in total. The molecule has 1 fully saturated rings. The lowest BCUT2D eigenvalue weighted by Gasteiger charge is -2.60. The van der Waals surface area contributed by atoms with Gasteiger partial charge in [0.1, 0.15) is 6.29 Å². The van der Waals surface area contributed by atoms with Crippen LogP contribution in [0.4, 0.5) is 0 Å². The predicted molar refractivity (Wildman–Crippen MR) is 59.0 cm³/mol. The lowest BCUT2D eigenvalue weighted by Crippen LogP contribution is -2.54. The lowest BCUT2D eigenvalue weighted by atomic mass is 9.45. The van der Waals surface area contributed by atoms with E-state index in [9.17, 15) is 4.79 Å². The molecule has 2 heteroatoms. The van der Waals surface area contributed by atoms with Crippen molar-refractivity contribution in [3.05, 3.63) is 0 Å². The Balaban J connectivity index is 2.67. The minimum Gasteiger partial charge on any atom is -0.330 e. The molecular formula is C12H23NO. The average Bonchev–Trinajstić information content (AvgIpc) is 1.99. The number of nitrogens with two attached hydrogens (primary N) is 1. The first-order chi connectivity index (χ1) is 6.29. The summed E-state index contributed by atoms with van der Waals surface area (Å²) < 4.78 is 0. The largest absolute Gasteiger partial charge is 0.330 e. The van der Waals surface area contributed by atoms with Crippen LogP contribution in [0.1, 0.15) is 47.0 Å². The minimum absolute atomic E-state index is 0.115. The molecule has 1 aliphatic rings. The van der Waals surface area contributed by atoms with Crippen LogP contribution in [0.25, 0.3) is 0 Å². The molecular weight excluding hydrogens is 174 g/mol. The van der Waals surface area contributed by atoms with Crippen LogP contribution in [0, 0.1) is 16.2 Å². The van der Waals surface area contributed by atoms with Gasteiger partial charge in [-0.3, -0.25) is 0 Å². The van der Waals surface area contributed by atoms with Gasteiger partial charge in [-0.1, -0.05) is 27.7 Å². The molecule has 0 aromatic carbocycles. The van der Waals surface area contributed by atoms with Crippen LogP contribution in [-0.4, -0.2) is 12.8 Å². The number of aldehydes is 1. The lowest BCUT2D eigenvalue weighted by molar-refractivity contribution is -0.124. The smallest absolute Gasteiger partial charge is 0.120 e. The highest BCUT2D eigenvalue weighted by molar-refractivity contribution is 5.51. The zero-order valence-electron chi connectivity index (χ0n) is 9.89. The molecule has 0 radical (unpaired) electrons. The number of hydrogen-bond acceptors (Lipinski definition) is 2. The van der Waals surface area contributed by atoms with E-state index in [4.69, 9.17) is 5.73 Å². The Morgan fingerprint density at radius 2 is 1.86 bits per heavy atom. The van der Waals surface area contributed by atoms with Crippen LogP contribution in [0.15, 0.2) is 0 Å². The summed E-state index contributed by atoms with van der Waals surface area (Å²) >= 11 is 0. The van der Waals surface area contributed by atoms with Gasteiger partial charge in [-0.2, -0.15) is 0 Å². The van der Waals surface area contributed by atoms with Crippen LogP contribution >= 0.6 is 0 Å². The first-order valence-electron chi connectivity index (χ1n) is 5.42. The van der Waals surface area contributed by atoms with E-state index >= 15 is 0 Å². The van der Waals surface area contributed by atoms with Gasteiger partial charge in [0.2, 0.25) is 0 Å². The van der Waals surface area contributed by atoms with E-state index < -0.39 is 0 Å². The second-order valence-corrected chi connectivity index (χ2v) is 6.24. The highest BCUT2D eigenvalue weighted by atomic mass is 16.1. The number of hydrogen-bond donors (Lipinski definition) is 1. The Bertz CT molecular complexity index is 221. The molecule has 0 heterocycles. The van der Waals surface area contributed by atoms with Gasteiger partial charge < -0.3 is 10.5 Å². The van der Waals surface area contributed by atoms with E-state index in [2.05, 4.69) is 27.7 Å². The molecule has 2 N–H and O–H groups in total. The highest BCUT2D eigenvalue weighted by Gasteiger charge is 2.55. The summed E-state index contributed by atoms with van der Waals surface area (Å²) in [5.74, 6) is 0. The van der Waals surface area contributed by atoms with Crippen LogP contribution in [-0.2, 0) is 4.79 Å². The van der Waals surface area contributed by atoms with Gasteiger partial charge in [0.15, 0.2) is 0 Å². The van der Waals surface area contributed by atoms with Gasteiger partial charge in [0.25, 0.3) is 0 Å². The van der Waals surface area contributed by atoms with Crippen molar-refractivity contribution in [3.63, 3.8) is 0 Å². The molecule has 0 spiro atoms. The van der Waals surface area contributed by atoms with Gasteiger partial charge in [-0.15, -0.1) is 0 Å². The third-order valence-electron chi connectivity index (χ3n) is 4.29. The molecule has 0 atom stereocenters. The van der Waals surface area contributed by atoms with E-state index in [1.807, 2.05) is 0 Å². The molecule has 0 bridgehead atoms. The molecule has 0 amide bonds. The van der Waals surface area contributed by atoms with E-state index in [1.54, 1.807) is 0 Å². The normalized spacial score (nSPS) is 37.8. The summed E-state index contributed by atoms with van der Waals surface area (Å²) in [5.41, 5.74) is 6.55. The topological polar surface area (TPSA) is 43.1 Å². The van der Waals surface area contributed by atoms with Crippen molar-refractivity contribution < 1.29 is 4.79 Å². The minimum atomic E-state index is 0.115. The van der Waals surface area contributed by atoms with Crippen molar-refractivity contribution in [1.29, 1.82) is 0 Å². The molecule has 0 unspecified atom stereocenters. The molecule has 1 saturated carbocycles. The van der Waals surface area contributed by atoms with E-state index in [0.29, 0.717) is 23.8 Å². The maximum absolute atomic E-state index is 10.6. The quantitative estimate of drug-likeness (QED) is 0.706. The van der Waals surface area contributed by atoms with Crippen molar-refractivity contribution in [2.24, 2.45) is 22.0 Å². The molecule has 0 aromatic rings. The fourth-order valence-corrected chi connectivity index (χ4v) is 2.68. The first kappa shape index (κ1) is 11.7. The Hall–Kier alpha value is -0.370. The van der Waals surface area contributed by atoms with Crippen molar-refractivity contribution in [2.45, 2.75) is 47.0 Å². The van der Waals surface area contributed by atoms with Crippen molar-refractivity contribution in [2.75, 3.05) is 6.54 Å². The van der Waals surface area contributed by atoms with Gasteiger partial charge in [-0.25, -0.2) is 0 Å². The van der Waals surface area contributed by atoms with Crippen molar-refractivity contribution >= 4 is 6.29 Å². The third-order valence-corrected chi connectivity index (χ3v) is 4.29. The Kier molecular flexibility index (Phi) is 2.79. The molecule has 1 rings (SSSR count). The Morgan fingerprint density at radius 3 is 2.14 bits per heavy atom.